The number of hydrogen-bond acceptors (Lipinski definition) is 3. The second-order valence-electron chi connectivity index (χ2n) is 4.67. The van der Waals surface area contributed by atoms with Crippen molar-refractivity contribution in [2.75, 3.05) is 0 Å². The number of amides is 1. The Morgan fingerprint density at radius 3 is 2.78 bits per heavy atom. The Morgan fingerprint density at radius 1 is 1.17 bits per heavy atom. The Morgan fingerprint density at radius 2 is 2.00 bits per heavy atom. The summed E-state index contributed by atoms with van der Waals surface area (Å²) in [4.78, 5) is 12.1. The van der Waals surface area contributed by atoms with Gasteiger partial charge in [-0.3, -0.25) is 4.79 Å². The maximum Gasteiger partial charge on any atom is 0.307 e. The molecule has 1 heterocycles. The van der Waals surface area contributed by atoms with Crippen molar-refractivity contribution in [2.45, 2.75) is 0 Å². The molecular formula is C16H9Br2IN2O2. The molecule has 3 aromatic rings. The van der Waals surface area contributed by atoms with Crippen LogP contribution < -0.4 is 5.43 Å². The van der Waals surface area contributed by atoms with Crippen LogP contribution in [-0.4, -0.2) is 12.1 Å². The van der Waals surface area contributed by atoms with Gasteiger partial charge in [0.2, 0.25) is 0 Å². The second kappa shape index (κ2) is 7.14. The van der Waals surface area contributed by atoms with E-state index in [0.29, 0.717) is 5.58 Å². The Kier molecular flexibility index (Phi) is 5.17. The third-order valence-corrected chi connectivity index (χ3v) is 4.74. The SMILES string of the molecule is O=C(N/N=C\c1cccc(Br)c1)c1cc2cc(Br)cc(I)c2o1. The summed E-state index contributed by atoms with van der Waals surface area (Å²) in [5.74, 6) is -0.165. The molecule has 0 radical (unpaired) electrons. The van der Waals surface area contributed by atoms with E-state index in [1.54, 1.807) is 12.3 Å². The number of carbonyl (C=O) groups excluding carboxylic acids is 1. The summed E-state index contributed by atoms with van der Waals surface area (Å²) in [7, 11) is 0. The molecular weight excluding hydrogens is 539 g/mol. The highest BCUT2D eigenvalue weighted by Gasteiger charge is 2.14. The molecule has 1 amide bonds. The van der Waals surface area contributed by atoms with Gasteiger partial charge < -0.3 is 4.42 Å². The van der Waals surface area contributed by atoms with Gasteiger partial charge in [0.1, 0.15) is 5.58 Å². The maximum atomic E-state index is 12.1. The number of nitrogens with zero attached hydrogens (tertiary/aromatic N) is 1. The van der Waals surface area contributed by atoms with Crippen molar-refractivity contribution in [3.63, 3.8) is 0 Å². The van der Waals surface area contributed by atoms with E-state index in [1.807, 2.05) is 36.4 Å². The van der Waals surface area contributed by atoms with Crippen LogP contribution in [0.3, 0.4) is 0 Å². The number of nitrogens with one attached hydrogen (secondary N) is 1. The van der Waals surface area contributed by atoms with E-state index in [0.717, 1.165) is 23.5 Å². The van der Waals surface area contributed by atoms with E-state index in [-0.39, 0.29) is 11.7 Å². The van der Waals surface area contributed by atoms with Gasteiger partial charge in [-0.15, -0.1) is 0 Å². The zero-order valence-corrected chi connectivity index (χ0v) is 16.8. The summed E-state index contributed by atoms with van der Waals surface area (Å²) in [6.45, 7) is 0. The molecule has 2 aromatic carbocycles. The van der Waals surface area contributed by atoms with Crippen LogP contribution in [0.1, 0.15) is 16.1 Å². The van der Waals surface area contributed by atoms with E-state index in [2.05, 4.69) is 65.0 Å². The van der Waals surface area contributed by atoms with Crippen molar-refractivity contribution in [2.24, 2.45) is 5.10 Å². The first-order chi connectivity index (χ1) is 11.0. The van der Waals surface area contributed by atoms with E-state index in [9.17, 15) is 4.79 Å². The predicted octanol–water partition coefficient (Wildman–Crippen LogP) is 5.33. The fourth-order valence-corrected chi connectivity index (χ4v) is 4.07. The van der Waals surface area contributed by atoms with Crippen LogP contribution in [0.4, 0.5) is 0 Å². The Bertz CT molecular complexity index is 922. The van der Waals surface area contributed by atoms with Crippen molar-refractivity contribution in [3.05, 3.63) is 66.3 Å². The third-order valence-electron chi connectivity index (χ3n) is 2.99. The fourth-order valence-electron chi connectivity index (χ4n) is 2.00. The third kappa shape index (κ3) is 4.02. The zero-order chi connectivity index (χ0) is 16.4. The van der Waals surface area contributed by atoms with Gasteiger partial charge in [0.05, 0.1) is 9.78 Å². The predicted molar refractivity (Wildman–Crippen MR) is 106 cm³/mol. The molecule has 1 aromatic heterocycles. The lowest BCUT2D eigenvalue weighted by Gasteiger charge is -1.96. The lowest BCUT2D eigenvalue weighted by molar-refractivity contribution is 0.0929. The van der Waals surface area contributed by atoms with Gasteiger partial charge in [-0.25, -0.2) is 5.43 Å². The van der Waals surface area contributed by atoms with Crippen LogP contribution >= 0.6 is 54.5 Å². The number of furan rings is 1. The average Bonchev–Trinajstić information content (AvgIpc) is 2.91. The molecule has 0 bridgehead atoms. The molecule has 0 atom stereocenters. The highest BCUT2D eigenvalue weighted by molar-refractivity contribution is 14.1. The van der Waals surface area contributed by atoms with Gasteiger partial charge >= 0.3 is 5.91 Å². The molecule has 0 unspecified atom stereocenters. The summed E-state index contributed by atoms with van der Waals surface area (Å²) >= 11 is 8.98. The normalized spacial score (nSPS) is 11.3. The summed E-state index contributed by atoms with van der Waals surface area (Å²) in [5, 5.41) is 4.82. The number of hydrogen-bond donors (Lipinski definition) is 1. The Hall–Kier alpha value is -1.19. The topological polar surface area (TPSA) is 54.6 Å². The van der Waals surface area contributed by atoms with Crippen LogP contribution in [0.5, 0.6) is 0 Å². The van der Waals surface area contributed by atoms with Crippen LogP contribution in [0.2, 0.25) is 0 Å². The summed E-state index contributed by atoms with van der Waals surface area (Å²) < 4.78 is 8.44. The van der Waals surface area contributed by atoms with Crippen molar-refractivity contribution in [3.8, 4) is 0 Å². The van der Waals surface area contributed by atoms with Crippen LogP contribution in [0.25, 0.3) is 11.0 Å². The molecule has 0 fully saturated rings. The van der Waals surface area contributed by atoms with E-state index in [4.69, 9.17) is 4.42 Å². The highest BCUT2D eigenvalue weighted by atomic mass is 127. The molecule has 0 spiro atoms. The molecule has 0 saturated heterocycles. The van der Waals surface area contributed by atoms with Gasteiger partial charge in [-0.1, -0.05) is 44.0 Å². The quantitative estimate of drug-likeness (QED) is 0.274. The second-order valence-corrected chi connectivity index (χ2v) is 7.66. The molecule has 4 nitrogen and oxygen atoms in total. The molecule has 3 rings (SSSR count). The Balaban J connectivity index is 1.77. The summed E-state index contributed by atoms with van der Waals surface area (Å²) in [6.07, 6.45) is 1.58. The number of halogens is 3. The number of carbonyl (C=O) groups is 1. The van der Waals surface area contributed by atoms with E-state index < -0.39 is 0 Å². The van der Waals surface area contributed by atoms with Gasteiger partial charge in [0.25, 0.3) is 0 Å². The minimum absolute atomic E-state index is 0.224. The van der Waals surface area contributed by atoms with Gasteiger partial charge in [-0.2, -0.15) is 5.10 Å². The van der Waals surface area contributed by atoms with Crippen molar-refractivity contribution >= 4 is 77.5 Å². The van der Waals surface area contributed by atoms with Crippen molar-refractivity contribution in [1.82, 2.24) is 5.43 Å². The first-order valence-corrected chi connectivity index (χ1v) is 9.17. The van der Waals surface area contributed by atoms with E-state index in [1.165, 1.54) is 0 Å². The molecule has 7 heteroatoms. The van der Waals surface area contributed by atoms with Crippen molar-refractivity contribution < 1.29 is 9.21 Å². The first-order valence-electron chi connectivity index (χ1n) is 6.50. The van der Waals surface area contributed by atoms with Crippen LogP contribution in [-0.2, 0) is 0 Å². The summed E-state index contributed by atoms with van der Waals surface area (Å²) in [6, 6.07) is 13.1. The molecule has 0 aliphatic carbocycles. The zero-order valence-electron chi connectivity index (χ0n) is 11.5. The van der Waals surface area contributed by atoms with Gasteiger partial charge in [0, 0.05) is 14.3 Å². The minimum atomic E-state index is -0.389. The van der Waals surface area contributed by atoms with Crippen LogP contribution in [0, 0.1) is 3.57 Å². The fraction of sp³-hybridized carbons (Fsp3) is 0. The molecule has 1 N–H and O–H groups in total. The standard InChI is InChI=1S/C16H9Br2IN2O2/c17-11-3-1-2-9(4-11)8-20-21-16(22)14-6-10-5-12(18)7-13(19)15(10)23-14/h1-8H,(H,21,22)/b20-8-. The average molecular weight is 548 g/mol. The minimum Gasteiger partial charge on any atom is -0.450 e. The number of fused-ring (bicyclic) bond motifs is 1. The van der Waals surface area contributed by atoms with E-state index >= 15 is 0 Å². The van der Waals surface area contributed by atoms with Crippen molar-refractivity contribution in [1.29, 1.82) is 0 Å². The monoisotopic (exact) mass is 546 g/mol. The molecule has 0 aliphatic heterocycles. The molecule has 116 valence electrons. The molecule has 23 heavy (non-hydrogen) atoms. The first kappa shape index (κ1) is 16.7. The number of benzene rings is 2. The Labute approximate surface area is 162 Å². The lowest BCUT2D eigenvalue weighted by atomic mass is 10.2. The van der Waals surface area contributed by atoms with Gasteiger partial charge in [-0.05, 0) is 58.5 Å². The van der Waals surface area contributed by atoms with Crippen LogP contribution in [0.15, 0.2) is 60.9 Å². The summed E-state index contributed by atoms with van der Waals surface area (Å²) in [5.41, 5.74) is 4.04. The van der Waals surface area contributed by atoms with Gasteiger partial charge in [0.15, 0.2) is 5.76 Å². The molecule has 0 saturated carbocycles. The maximum absolute atomic E-state index is 12.1. The smallest absolute Gasteiger partial charge is 0.307 e. The molecule has 0 aliphatic rings. The number of hydrazone groups is 1. The lowest BCUT2D eigenvalue weighted by Crippen LogP contribution is -2.16. The number of rotatable bonds is 3. The highest BCUT2D eigenvalue weighted by Crippen LogP contribution is 2.28. The largest absolute Gasteiger partial charge is 0.450 e.